The van der Waals surface area contributed by atoms with Gasteiger partial charge in [0.05, 0.1) is 6.61 Å². The molecule has 0 fully saturated rings. The van der Waals surface area contributed by atoms with Crippen molar-refractivity contribution in [1.82, 2.24) is 0 Å². The second kappa shape index (κ2) is 7.68. The third-order valence-electron chi connectivity index (χ3n) is 3.45. The number of hydrogen-bond acceptors (Lipinski definition) is 1. The number of benzene rings is 1. The lowest BCUT2D eigenvalue weighted by Crippen LogP contribution is -2.21. The highest BCUT2D eigenvalue weighted by Crippen LogP contribution is 2.44. The summed E-state index contributed by atoms with van der Waals surface area (Å²) in [7, 11) is 0. The molecule has 0 saturated carbocycles. The van der Waals surface area contributed by atoms with E-state index < -0.39 is 0 Å². The van der Waals surface area contributed by atoms with E-state index in [4.69, 9.17) is 4.74 Å². The van der Waals surface area contributed by atoms with E-state index in [-0.39, 0.29) is 0 Å². The van der Waals surface area contributed by atoms with Gasteiger partial charge in [0.15, 0.2) is 0 Å². The zero-order valence-corrected chi connectivity index (χ0v) is 15.6. The van der Waals surface area contributed by atoms with Crippen LogP contribution < -0.4 is 4.74 Å². The lowest BCUT2D eigenvalue weighted by atomic mass is 9.80. The van der Waals surface area contributed by atoms with Crippen molar-refractivity contribution in [1.29, 1.82) is 0 Å². The minimum Gasteiger partial charge on any atom is -0.494 e. The van der Waals surface area contributed by atoms with Gasteiger partial charge >= 0.3 is 0 Å². The van der Waals surface area contributed by atoms with E-state index in [2.05, 4.69) is 71.7 Å². The monoisotopic (exact) mass is 390 g/mol. The molecule has 0 radical (unpaired) electrons. The van der Waals surface area contributed by atoms with E-state index >= 15 is 0 Å². The van der Waals surface area contributed by atoms with Crippen molar-refractivity contribution in [2.24, 2.45) is 17.8 Å². The van der Waals surface area contributed by atoms with Crippen LogP contribution in [0.3, 0.4) is 0 Å². The van der Waals surface area contributed by atoms with E-state index in [0.717, 1.165) is 10.2 Å². The van der Waals surface area contributed by atoms with E-state index in [9.17, 15) is 0 Å². The molecule has 1 aromatic rings. The van der Waals surface area contributed by atoms with Gasteiger partial charge in [-0.15, -0.1) is 0 Å². The van der Waals surface area contributed by atoms with Crippen LogP contribution in [0.1, 0.15) is 45.0 Å². The van der Waals surface area contributed by atoms with Crippen LogP contribution in [0.15, 0.2) is 22.7 Å². The van der Waals surface area contributed by atoms with Crippen molar-refractivity contribution in [2.75, 3.05) is 6.61 Å². The maximum absolute atomic E-state index is 5.77. The number of alkyl halides is 1. The molecule has 0 spiro atoms. The second-order valence-corrected chi connectivity index (χ2v) is 7.48. The smallest absolute Gasteiger partial charge is 0.123 e. The molecule has 108 valence electrons. The highest BCUT2D eigenvalue weighted by Gasteiger charge is 2.28. The lowest BCUT2D eigenvalue weighted by molar-refractivity contribution is 0.276. The first-order chi connectivity index (χ1) is 8.88. The molecule has 0 saturated heterocycles. The Kier molecular flexibility index (Phi) is 6.89. The van der Waals surface area contributed by atoms with Crippen LogP contribution in [0, 0.1) is 17.8 Å². The maximum atomic E-state index is 5.77. The van der Waals surface area contributed by atoms with Crippen LogP contribution in [0.5, 0.6) is 5.75 Å². The minimum atomic E-state index is 0.312. The summed E-state index contributed by atoms with van der Waals surface area (Å²) in [6, 6.07) is 6.25. The molecule has 0 heterocycles. The second-order valence-electron chi connectivity index (χ2n) is 5.58. The normalized spacial score (nSPS) is 13.4. The first-order valence-corrected chi connectivity index (χ1v) is 8.65. The van der Waals surface area contributed by atoms with Gasteiger partial charge in [0.1, 0.15) is 5.75 Å². The molecule has 1 nitrogen and oxygen atoms in total. The fraction of sp³-hybridized carbons (Fsp3) is 0.625. The van der Waals surface area contributed by atoms with Gasteiger partial charge in [-0.2, -0.15) is 0 Å². The molecule has 0 aliphatic carbocycles. The van der Waals surface area contributed by atoms with Gasteiger partial charge < -0.3 is 4.74 Å². The summed E-state index contributed by atoms with van der Waals surface area (Å²) in [6.45, 7) is 11.9. The van der Waals surface area contributed by atoms with Gasteiger partial charge in [-0.1, -0.05) is 59.6 Å². The molecule has 0 aliphatic heterocycles. The summed E-state index contributed by atoms with van der Waals surface area (Å²) >= 11 is 7.47. The predicted octanol–water partition coefficient (Wildman–Crippen LogP) is 6.21. The van der Waals surface area contributed by atoms with Crippen LogP contribution in [0.2, 0.25) is 0 Å². The lowest BCUT2D eigenvalue weighted by Gasteiger charge is -2.31. The van der Waals surface area contributed by atoms with Crippen molar-refractivity contribution in [3.63, 3.8) is 0 Å². The topological polar surface area (TPSA) is 9.23 Å². The van der Waals surface area contributed by atoms with Gasteiger partial charge in [-0.3, -0.25) is 0 Å². The fourth-order valence-corrected chi connectivity index (χ4v) is 4.63. The third kappa shape index (κ3) is 4.49. The Hall–Kier alpha value is -0.0200. The van der Waals surface area contributed by atoms with E-state index in [1.54, 1.807) is 0 Å². The molecule has 0 aliphatic rings. The van der Waals surface area contributed by atoms with E-state index in [1.807, 2.05) is 13.0 Å². The molecule has 1 atom stereocenters. The Morgan fingerprint density at radius 2 is 1.68 bits per heavy atom. The third-order valence-corrected chi connectivity index (χ3v) is 5.04. The molecule has 1 aromatic carbocycles. The molecule has 1 unspecified atom stereocenters. The number of halogens is 2. The molecule has 0 bridgehead atoms. The van der Waals surface area contributed by atoms with Gasteiger partial charge in [0, 0.05) is 14.9 Å². The molecular weight excluding hydrogens is 368 g/mol. The standard InChI is InChI=1S/C16H24Br2O/c1-6-19-14-8-7-12(17)9-13(14)16(18)15(10(2)3)11(4)5/h7-11,15-16H,6H2,1-5H3. The average molecular weight is 392 g/mol. The van der Waals surface area contributed by atoms with Gasteiger partial charge in [0.25, 0.3) is 0 Å². The van der Waals surface area contributed by atoms with Crippen molar-refractivity contribution >= 4 is 31.9 Å². The predicted molar refractivity (Wildman–Crippen MR) is 90.1 cm³/mol. The van der Waals surface area contributed by atoms with Crippen molar-refractivity contribution < 1.29 is 4.74 Å². The summed E-state index contributed by atoms with van der Waals surface area (Å²) in [5.74, 6) is 2.81. The SMILES string of the molecule is CCOc1ccc(Br)cc1C(Br)C(C(C)C)C(C)C. The van der Waals surface area contributed by atoms with Gasteiger partial charge in [-0.25, -0.2) is 0 Å². The van der Waals surface area contributed by atoms with Crippen molar-refractivity contribution in [2.45, 2.75) is 39.4 Å². The molecule has 0 N–H and O–H groups in total. The molecule has 19 heavy (non-hydrogen) atoms. The first-order valence-electron chi connectivity index (χ1n) is 6.94. The summed E-state index contributed by atoms with van der Waals surface area (Å²) in [4.78, 5) is 0.312. The largest absolute Gasteiger partial charge is 0.494 e. The van der Waals surface area contributed by atoms with Crippen LogP contribution >= 0.6 is 31.9 Å². The Labute approximate surface area is 134 Å². The average Bonchev–Trinajstić information content (AvgIpc) is 2.30. The summed E-state index contributed by atoms with van der Waals surface area (Å²) < 4.78 is 6.87. The molecule has 1 rings (SSSR count). The highest BCUT2D eigenvalue weighted by molar-refractivity contribution is 9.10. The van der Waals surface area contributed by atoms with Crippen LogP contribution in [0.25, 0.3) is 0 Å². The number of rotatable bonds is 6. The van der Waals surface area contributed by atoms with Gasteiger partial charge in [0.2, 0.25) is 0 Å². The highest BCUT2D eigenvalue weighted by atomic mass is 79.9. The summed E-state index contributed by atoms with van der Waals surface area (Å²) in [5, 5.41) is 0. The maximum Gasteiger partial charge on any atom is 0.123 e. The fourth-order valence-electron chi connectivity index (χ4n) is 2.67. The number of ether oxygens (including phenoxy) is 1. The van der Waals surface area contributed by atoms with E-state index in [0.29, 0.717) is 29.2 Å². The van der Waals surface area contributed by atoms with Crippen LogP contribution in [0.4, 0.5) is 0 Å². The zero-order chi connectivity index (χ0) is 14.6. The van der Waals surface area contributed by atoms with Gasteiger partial charge in [-0.05, 0) is 42.9 Å². The Morgan fingerprint density at radius 1 is 1.11 bits per heavy atom. The minimum absolute atomic E-state index is 0.312. The molecule has 3 heteroatoms. The quantitative estimate of drug-likeness (QED) is 0.523. The Balaban J connectivity index is 3.15. The van der Waals surface area contributed by atoms with E-state index in [1.165, 1.54) is 5.56 Å². The zero-order valence-electron chi connectivity index (χ0n) is 12.4. The van der Waals surface area contributed by atoms with Crippen LogP contribution in [-0.4, -0.2) is 6.61 Å². The van der Waals surface area contributed by atoms with Crippen molar-refractivity contribution in [3.8, 4) is 5.75 Å². The Morgan fingerprint density at radius 3 is 2.16 bits per heavy atom. The molecular formula is C16H24Br2O. The summed E-state index contributed by atoms with van der Waals surface area (Å²) in [6.07, 6.45) is 0. The Bertz CT molecular complexity index is 394. The molecule has 0 amide bonds. The first kappa shape index (κ1) is 17.0. The van der Waals surface area contributed by atoms with Crippen molar-refractivity contribution in [3.05, 3.63) is 28.2 Å². The summed E-state index contributed by atoms with van der Waals surface area (Å²) in [5.41, 5.74) is 1.24. The number of hydrogen-bond donors (Lipinski definition) is 0. The van der Waals surface area contributed by atoms with Crippen LogP contribution in [-0.2, 0) is 0 Å². The molecule has 0 aromatic heterocycles.